The minimum atomic E-state index is -0.111. The lowest BCUT2D eigenvalue weighted by Crippen LogP contribution is -2.54. The molecule has 1 aliphatic heterocycles. The van der Waals surface area contributed by atoms with Gasteiger partial charge in [0.1, 0.15) is 0 Å². The Morgan fingerprint density at radius 2 is 1.86 bits per heavy atom. The van der Waals surface area contributed by atoms with Crippen LogP contribution in [-0.4, -0.2) is 48.4 Å². The van der Waals surface area contributed by atoms with Gasteiger partial charge in [0, 0.05) is 26.1 Å². The molecule has 0 unspecified atom stereocenters. The van der Waals surface area contributed by atoms with E-state index in [4.69, 9.17) is 0 Å². The number of hydrogen-bond acceptors (Lipinski definition) is 3. The molecule has 0 radical (unpaired) electrons. The maximum absolute atomic E-state index is 12.4. The zero-order chi connectivity index (χ0) is 15.9. The molecule has 0 aromatic rings. The lowest BCUT2D eigenvalue weighted by molar-refractivity contribution is -0.126. The average Bonchev–Trinajstić information content (AvgIpc) is 2.52. The van der Waals surface area contributed by atoms with Crippen molar-refractivity contribution in [1.82, 2.24) is 15.5 Å². The molecule has 1 aliphatic carbocycles. The first kappa shape index (κ1) is 17.3. The standard InChI is InChI=1S/C17H31N3O2/c1-13(17(22)18-11-15-7-4-3-5-8-15)20-10-6-9-16(12-20)19-14(2)21/h13,15-16H,3-12H2,1-2H3,(H,18,22)(H,19,21)/t13-,16-/m0/s1. The van der Waals surface area contributed by atoms with Gasteiger partial charge in [0.25, 0.3) is 0 Å². The number of carbonyl (C=O) groups excluding carboxylic acids is 2. The largest absolute Gasteiger partial charge is 0.354 e. The topological polar surface area (TPSA) is 61.4 Å². The summed E-state index contributed by atoms with van der Waals surface area (Å²) in [4.78, 5) is 25.8. The Labute approximate surface area is 134 Å². The van der Waals surface area contributed by atoms with Gasteiger partial charge in [0.15, 0.2) is 0 Å². The van der Waals surface area contributed by atoms with Crippen LogP contribution < -0.4 is 10.6 Å². The molecular weight excluding hydrogens is 278 g/mol. The van der Waals surface area contributed by atoms with Crippen molar-refractivity contribution in [3.05, 3.63) is 0 Å². The molecule has 2 amide bonds. The number of hydrogen-bond donors (Lipinski definition) is 2. The summed E-state index contributed by atoms with van der Waals surface area (Å²) < 4.78 is 0. The average molecular weight is 309 g/mol. The van der Waals surface area contributed by atoms with Crippen LogP contribution in [0.25, 0.3) is 0 Å². The number of likely N-dealkylation sites (tertiary alicyclic amines) is 1. The Bertz CT molecular complexity index is 380. The van der Waals surface area contributed by atoms with Crippen molar-refractivity contribution in [1.29, 1.82) is 0 Å². The van der Waals surface area contributed by atoms with Crippen LogP contribution in [0, 0.1) is 5.92 Å². The third-order valence-electron chi connectivity index (χ3n) is 5.08. The first-order chi connectivity index (χ1) is 10.6. The third kappa shape index (κ3) is 5.27. The molecular formula is C17H31N3O2. The summed E-state index contributed by atoms with van der Waals surface area (Å²) >= 11 is 0. The highest BCUT2D eigenvalue weighted by Gasteiger charge is 2.28. The van der Waals surface area contributed by atoms with Crippen LogP contribution in [-0.2, 0) is 9.59 Å². The van der Waals surface area contributed by atoms with E-state index in [1.807, 2.05) is 6.92 Å². The number of rotatable bonds is 5. The predicted octanol–water partition coefficient (Wildman–Crippen LogP) is 1.67. The molecule has 1 heterocycles. The van der Waals surface area contributed by atoms with Gasteiger partial charge < -0.3 is 10.6 Å². The van der Waals surface area contributed by atoms with Gasteiger partial charge in [-0.2, -0.15) is 0 Å². The van der Waals surface area contributed by atoms with Crippen LogP contribution in [0.2, 0.25) is 0 Å². The second-order valence-corrected chi connectivity index (χ2v) is 6.96. The maximum Gasteiger partial charge on any atom is 0.237 e. The highest BCUT2D eigenvalue weighted by molar-refractivity contribution is 5.81. The highest BCUT2D eigenvalue weighted by Crippen LogP contribution is 2.22. The van der Waals surface area contributed by atoms with Gasteiger partial charge in [-0.1, -0.05) is 19.3 Å². The monoisotopic (exact) mass is 309 g/mol. The van der Waals surface area contributed by atoms with E-state index >= 15 is 0 Å². The molecule has 5 heteroatoms. The van der Waals surface area contributed by atoms with Gasteiger partial charge in [0.05, 0.1) is 6.04 Å². The minimum Gasteiger partial charge on any atom is -0.354 e. The van der Waals surface area contributed by atoms with E-state index in [0.29, 0.717) is 5.92 Å². The molecule has 22 heavy (non-hydrogen) atoms. The Hall–Kier alpha value is -1.10. The van der Waals surface area contributed by atoms with Crippen molar-refractivity contribution >= 4 is 11.8 Å². The SMILES string of the molecule is CC(=O)N[C@H]1CCCN([C@@H](C)C(=O)NCC2CCCCC2)C1. The highest BCUT2D eigenvalue weighted by atomic mass is 16.2. The fourth-order valence-electron chi connectivity index (χ4n) is 3.71. The Kier molecular flexibility index (Phi) is 6.68. The molecule has 5 nitrogen and oxygen atoms in total. The minimum absolute atomic E-state index is 0.0150. The van der Waals surface area contributed by atoms with Crippen LogP contribution in [0.1, 0.15) is 58.8 Å². The van der Waals surface area contributed by atoms with E-state index in [2.05, 4.69) is 15.5 Å². The number of piperidine rings is 1. The quantitative estimate of drug-likeness (QED) is 0.812. The molecule has 2 fully saturated rings. The van der Waals surface area contributed by atoms with Crippen LogP contribution in [0.4, 0.5) is 0 Å². The molecule has 1 saturated carbocycles. The second-order valence-electron chi connectivity index (χ2n) is 6.96. The molecule has 2 rings (SSSR count). The maximum atomic E-state index is 12.4. The molecule has 2 atom stereocenters. The zero-order valence-corrected chi connectivity index (χ0v) is 14.1. The summed E-state index contributed by atoms with van der Waals surface area (Å²) in [5.41, 5.74) is 0. The first-order valence-electron chi connectivity index (χ1n) is 8.85. The molecule has 0 aromatic carbocycles. The van der Waals surface area contributed by atoms with Crippen molar-refractivity contribution in [3.63, 3.8) is 0 Å². The fraction of sp³-hybridized carbons (Fsp3) is 0.882. The fourth-order valence-corrected chi connectivity index (χ4v) is 3.71. The molecule has 0 aromatic heterocycles. The summed E-state index contributed by atoms with van der Waals surface area (Å²) in [5.74, 6) is 0.814. The lowest BCUT2D eigenvalue weighted by Gasteiger charge is -2.36. The third-order valence-corrected chi connectivity index (χ3v) is 5.08. The Balaban J connectivity index is 1.75. The summed E-state index contributed by atoms with van der Waals surface area (Å²) in [6, 6.07) is 0.0694. The predicted molar refractivity (Wildman–Crippen MR) is 87.5 cm³/mol. The van der Waals surface area contributed by atoms with Crippen molar-refractivity contribution in [3.8, 4) is 0 Å². The number of amides is 2. The van der Waals surface area contributed by atoms with Crippen molar-refractivity contribution in [2.24, 2.45) is 5.92 Å². The molecule has 0 bridgehead atoms. The van der Waals surface area contributed by atoms with E-state index in [0.717, 1.165) is 32.5 Å². The second kappa shape index (κ2) is 8.51. The Morgan fingerprint density at radius 1 is 1.14 bits per heavy atom. The summed E-state index contributed by atoms with van der Waals surface area (Å²) in [7, 11) is 0. The van der Waals surface area contributed by atoms with Crippen molar-refractivity contribution in [2.75, 3.05) is 19.6 Å². The number of nitrogens with zero attached hydrogens (tertiary/aromatic N) is 1. The van der Waals surface area contributed by atoms with Gasteiger partial charge in [-0.15, -0.1) is 0 Å². The van der Waals surface area contributed by atoms with Crippen LogP contribution in [0.5, 0.6) is 0 Å². The molecule has 0 spiro atoms. The summed E-state index contributed by atoms with van der Waals surface area (Å²) in [5, 5.41) is 6.11. The number of carbonyl (C=O) groups is 2. The summed E-state index contributed by atoms with van der Waals surface area (Å²) in [6.45, 7) is 6.07. The van der Waals surface area contributed by atoms with E-state index in [9.17, 15) is 9.59 Å². The van der Waals surface area contributed by atoms with Crippen LogP contribution >= 0.6 is 0 Å². The summed E-state index contributed by atoms with van der Waals surface area (Å²) in [6.07, 6.45) is 8.50. The Morgan fingerprint density at radius 3 is 2.55 bits per heavy atom. The zero-order valence-electron chi connectivity index (χ0n) is 14.1. The first-order valence-corrected chi connectivity index (χ1v) is 8.85. The molecule has 2 N–H and O–H groups in total. The van der Waals surface area contributed by atoms with Gasteiger partial charge >= 0.3 is 0 Å². The van der Waals surface area contributed by atoms with Crippen LogP contribution in [0.3, 0.4) is 0 Å². The molecule has 126 valence electrons. The van der Waals surface area contributed by atoms with Crippen LogP contribution in [0.15, 0.2) is 0 Å². The molecule has 1 saturated heterocycles. The van der Waals surface area contributed by atoms with Gasteiger partial charge in [-0.3, -0.25) is 14.5 Å². The van der Waals surface area contributed by atoms with Gasteiger partial charge in [-0.05, 0) is 45.1 Å². The number of nitrogens with one attached hydrogen (secondary N) is 2. The normalized spacial score (nSPS) is 25.5. The van der Waals surface area contributed by atoms with Crippen molar-refractivity contribution < 1.29 is 9.59 Å². The van der Waals surface area contributed by atoms with Gasteiger partial charge in [0.2, 0.25) is 11.8 Å². The van der Waals surface area contributed by atoms with E-state index in [-0.39, 0.29) is 23.9 Å². The molecule has 2 aliphatic rings. The van der Waals surface area contributed by atoms with Gasteiger partial charge in [-0.25, -0.2) is 0 Å². The van der Waals surface area contributed by atoms with Crippen molar-refractivity contribution in [2.45, 2.75) is 70.9 Å². The van der Waals surface area contributed by atoms with E-state index < -0.39 is 0 Å². The van der Waals surface area contributed by atoms with E-state index in [1.54, 1.807) is 6.92 Å². The smallest absolute Gasteiger partial charge is 0.237 e. The lowest BCUT2D eigenvalue weighted by atomic mass is 9.89. The van der Waals surface area contributed by atoms with E-state index in [1.165, 1.54) is 32.1 Å².